The topological polar surface area (TPSA) is 53.3 Å². The SMILES string of the molecule is COC(=O)/C=C/c1nn(C2CCCCC2)c(-c2ccc(OCc3ccccc3)cc2)c1-c1ccccc1. The Kier molecular flexibility index (Phi) is 7.80. The lowest BCUT2D eigenvalue weighted by atomic mass is 9.94. The first-order valence-electron chi connectivity index (χ1n) is 12.9. The molecule has 1 aromatic heterocycles. The monoisotopic (exact) mass is 492 g/mol. The van der Waals surface area contributed by atoms with E-state index in [1.54, 1.807) is 6.08 Å². The van der Waals surface area contributed by atoms with Gasteiger partial charge in [0.25, 0.3) is 0 Å². The standard InChI is InChI=1S/C32H32N2O3/c1-36-30(35)22-21-29-31(25-13-7-3-8-14-25)32(34(33-29)27-15-9-4-10-16-27)26-17-19-28(20-18-26)37-23-24-11-5-2-6-12-24/h2-3,5-8,11-14,17-22,27H,4,9-10,15-16,23H2,1H3/b22-21+. The van der Waals surface area contributed by atoms with Gasteiger partial charge in [0.2, 0.25) is 0 Å². The molecule has 37 heavy (non-hydrogen) atoms. The van der Waals surface area contributed by atoms with E-state index < -0.39 is 5.97 Å². The molecule has 1 heterocycles. The molecule has 0 aliphatic heterocycles. The Balaban J connectivity index is 1.56. The van der Waals surface area contributed by atoms with Crippen LogP contribution in [0, 0.1) is 0 Å². The van der Waals surface area contributed by atoms with Gasteiger partial charge in [-0.05, 0) is 54.3 Å². The Hall–Kier alpha value is -4.12. The van der Waals surface area contributed by atoms with Crippen molar-refractivity contribution < 1.29 is 14.3 Å². The molecule has 5 heteroatoms. The maximum absolute atomic E-state index is 11.9. The molecule has 0 N–H and O–H groups in total. The highest BCUT2D eigenvalue weighted by atomic mass is 16.5. The Morgan fingerprint density at radius 1 is 0.892 bits per heavy atom. The lowest BCUT2D eigenvalue weighted by molar-refractivity contribution is -0.134. The number of carbonyl (C=O) groups is 1. The fourth-order valence-electron chi connectivity index (χ4n) is 4.99. The Bertz CT molecular complexity index is 1340. The van der Waals surface area contributed by atoms with Crippen molar-refractivity contribution in [2.24, 2.45) is 0 Å². The van der Waals surface area contributed by atoms with E-state index >= 15 is 0 Å². The first-order chi connectivity index (χ1) is 18.2. The van der Waals surface area contributed by atoms with Crippen LogP contribution in [0.1, 0.15) is 49.4 Å². The molecule has 5 rings (SSSR count). The summed E-state index contributed by atoms with van der Waals surface area (Å²) in [5.74, 6) is 0.427. The summed E-state index contributed by atoms with van der Waals surface area (Å²) < 4.78 is 13.1. The third kappa shape index (κ3) is 5.83. The van der Waals surface area contributed by atoms with Gasteiger partial charge in [-0.1, -0.05) is 79.9 Å². The largest absolute Gasteiger partial charge is 0.489 e. The summed E-state index contributed by atoms with van der Waals surface area (Å²) in [4.78, 5) is 11.9. The lowest BCUT2D eigenvalue weighted by Crippen LogP contribution is -2.15. The van der Waals surface area contributed by atoms with Crippen LogP contribution in [0.25, 0.3) is 28.5 Å². The van der Waals surface area contributed by atoms with Crippen LogP contribution in [-0.2, 0) is 16.1 Å². The van der Waals surface area contributed by atoms with Gasteiger partial charge < -0.3 is 9.47 Å². The fraction of sp³-hybridized carbons (Fsp3) is 0.250. The van der Waals surface area contributed by atoms with Gasteiger partial charge in [-0.2, -0.15) is 5.10 Å². The summed E-state index contributed by atoms with van der Waals surface area (Å²) in [5.41, 5.74) is 6.12. The second-order valence-corrected chi connectivity index (χ2v) is 9.37. The zero-order chi connectivity index (χ0) is 25.5. The molecule has 0 amide bonds. The van der Waals surface area contributed by atoms with E-state index in [2.05, 4.69) is 41.1 Å². The van der Waals surface area contributed by atoms with E-state index in [0.717, 1.165) is 52.2 Å². The Morgan fingerprint density at radius 3 is 2.24 bits per heavy atom. The van der Waals surface area contributed by atoms with Crippen LogP contribution < -0.4 is 4.74 Å². The molecule has 1 aliphatic rings. The number of hydrogen-bond acceptors (Lipinski definition) is 4. The number of aromatic nitrogens is 2. The smallest absolute Gasteiger partial charge is 0.330 e. The minimum atomic E-state index is -0.396. The number of esters is 1. The highest BCUT2D eigenvalue weighted by Crippen LogP contribution is 2.41. The maximum atomic E-state index is 11.9. The molecular formula is C32H32N2O3. The molecule has 3 aromatic carbocycles. The maximum Gasteiger partial charge on any atom is 0.330 e. The number of ether oxygens (including phenoxy) is 2. The average molecular weight is 493 g/mol. The van der Waals surface area contributed by atoms with Crippen molar-refractivity contribution in [3.8, 4) is 28.1 Å². The van der Waals surface area contributed by atoms with Crippen LogP contribution in [0.3, 0.4) is 0 Å². The number of benzene rings is 3. The second-order valence-electron chi connectivity index (χ2n) is 9.37. The van der Waals surface area contributed by atoms with Crippen LogP contribution in [0.15, 0.2) is 91.0 Å². The first-order valence-corrected chi connectivity index (χ1v) is 12.9. The van der Waals surface area contributed by atoms with Crippen LogP contribution in [0.2, 0.25) is 0 Å². The highest BCUT2D eigenvalue weighted by Gasteiger charge is 2.25. The summed E-state index contributed by atoms with van der Waals surface area (Å²) in [7, 11) is 1.39. The summed E-state index contributed by atoms with van der Waals surface area (Å²) in [6.45, 7) is 0.526. The van der Waals surface area contributed by atoms with Crippen molar-refractivity contribution in [3.63, 3.8) is 0 Å². The van der Waals surface area contributed by atoms with Gasteiger partial charge in [0.15, 0.2) is 0 Å². The molecule has 0 bridgehead atoms. The molecule has 0 saturated heterocycles. The van der Waals surface area contributed by atoms with Crippen LogP contribution >= 0.6 is 0 Å². The van der Waals surface area contributed by atoms with E-state index in [1.165, 1.54) is 32.4 Å². The average Bonchev–Trinajstić information content (AvgIpc) is 3.36. The quantitative estimate of drug-likeness (QED) is 0.189. The van der Waals surface area contributed by atoms with Crippen molar-refractivity contribution >= 4 is 12.0 Å². The Morgan fingerprint density at radius 2 is 1.57 bits per heavy atom. The summed E-state index contributed by atoms with van der Waals surface area (Å²) in [6.07, 6.45) is 9.08. The van der Waals surface area contributed by atoms with Crippen molar-refractivity contribution in [2.45, 2.75) is 44.8 Å². The van der Waals surface area contributed by atoms with Crippen LogP contribution in [-0.4, -0.2) is 22.9 Å². The second kappa shape index (κ2) is 11.7. The third-order valence-electron chi connectivity index (χ3n) is 6.88. The van der Waals surface area contributed by atoms with Crippen molar-refractivity contribution in [2.75, 3.05) is 7.11 Å². The van der Waals surface area contributed by atoms with Gasteiger partial charge in [-0.25, -0.2) is 4.79 Å². The molecule has 0 unspecified atom stereocenters. The molecular weight excluding hydrogens is 460 g/mol. The fourth-order valence-corrected chi connectivity index (χ4v) is 4.99. The zero-order valence-corrected chi connectivity index (χ0v) is 21.2. The number of methoxy groups -OCH3 is 1. The molecule has 0 atom stereocenters. The molecule has 188 valence electrons. The zero-order valence-electron chi connectivity index (χ0n) is 21.2. The van der Waals surface area contributed by atoms with Crippen LogP contribution in [0.5, 0.6) is 5.75 Å². The highest BCUT2D eigenvalue weighted by molar-refractivity contribution is 5.92. The van der Waals surface area contributed by atoms with E-state index in [4.69, 9.17) is 14.6 Å². The number of nitrogens with zero attached hydrogens (tertiary/aromatic N) is 2. The van der Waals surface area contributed by atoms with Crippen molar-refractivity contribution in [1.29, 1.82) is 0 Å². The predicted molar refractivity (Wildman–Crippen MR) is 147 cm³/mol. The predicted octanol–water partition coefficient (Wildman–Crippen LogP) is 7.49. The molecule has 1 fully saturated rings. The van der Waals surface area contributed by atoms with Gasteiger partial charge >= 0.3 is 5.97 Å². The summed E-state index contributed by atoms with van der Waals surface area (Å²) in [6, 6.07) is 29.0. The Labute approximate surface area is 218 Å². The van der Waals surface area contributed by atoms with E-state index in [0.29, 0.717) is 12.6 Å². The number of hydrogen-bond donors (Lipinski definition) is 0. The molecule has 1 aliphatic carbocycles. The summed E-state index contributed by atoms with van der Waals surface area (Å²) in [5, 5.41) is 5.08. The van der Waals surface area contributed by atoms with Gasteiger partial charge in [0, 0.05) is 17.2 Å². The van der Waals surface area contributed by atoms with Gasteiger partial charge in [-0.3, -0.25) is 4.68 Å². The number of carbonyl (C=O) groups excluding carboxylic acids is 1. The van der Waals surface area contributed by atoms with Gasteiger partial charge in [0.05, 0.1) is 24.5 Å². The molecule has 4 aromatic rings. The summed E-state index contributed by atoms with van der Waals surface area (Å²) >= 11 is 0. The van der Waals surface area contributed by atoms with Gasteiger partial charge in [-0.15, -0.1) is 0 Å². The van der Waals surface area contributed by atoms with Crippen molar-refractivity contribution in [1.82, 2.24) is 9.78 Å². The third-order valence-corrected chi connectivity index (χ3v) is 6.88. The van der Waals surface area contributed by atoms with E-state index in [1.807, 2.05) is 48.5 Å². The molecule has 5 nitrogen and oxygen atoms in total. The minimum Gasteiger partial charge on any atom is -0.489 e. The van der Waals surface area contributed by atoms with Crippen molar-refractivity contribution in [3.05, 3.63) is 102 Å². The minimum absolute atomic E-state index is 0.320. The molecule has 0 spiro atoms. The van der Waals surface area contributed by atoms with E-state index in [-0.39, 0.29) is 0 Å². The molecule has 1 saturated carbocycles. The molecule has 0 radical (unpaired) electrons. The van der Waals surface area contributed by atoms with Gasteiger partial charge in [0.1, 0.15) is 12.4 Å². The number of rotatable bonds is 8. The van der Waals surface area contributed by atoms with E-state index in [9.17, 15) is 4.79 Å². The normalized spacial score (nSPS) is 14.1. The first kappa shape index (κ1) is 24.6. The lowest BCUT2D eigenvalue weighted by Gasteiger charge is -2.24. The van der Waals surface area contributed by atoms with Crippen LogP contribution in [0.4, 0.5) is 0 Å².